The molecular formula is C12H18OS. The highest BCUT2D eigenvalue weighted by molar-refractivity contribution is 8.00. The van der Waals surface area contributed by atoms with Crippen LogP contribution < -0.4 is 0 Å². The van der Waals surface area contributed by atoms with E-state index in [9.17, 15) is 0 Å². The Hall–Kier alpha value is -0.470. The van der Waals surface area contributed by atoms with Crippen LogP contribution in [0.1, 0.15) is 24.5 Å². The topological polar surface area (TPSA) is 20.2 Å². The molecule has 0 aliphatic heterocycles. The summed E-state index contributed by atoms with van der Waals surface area (Å²) in [6.07, 6.45) is 1.01. The summed E-state index contributed by atoms with van der Waals surface area (Å²) >= 11 is 1.77. The average Bonchev–Trinajstić information content (AvgIpc) is 2.17. The van der Waals surface area contributed by atoms with Crippen LogP contribution >= 0.6 is 11.8 Å². The standard InChI is InChI=1S/C12H18OS/c1-4-11(8-13)14-12-6-5-9(2)7-10(12)3/h5-7,11,13H,4,8H2,1-3H3. The lowest BCUT2D eigenvalue weighted by Crippen LogP contribution is -2.06. The number of aliphatic hydroxyl groups excluding tert-OH is 1. The van der Waals surface area contributed by atoms with Crippen LogP contribution in [0.3, 0.4) is 0 Å². The van der Waals surface area contributed by atoms with Gasteiger partial charge in [-0.3, -0.25) is 0 Å². The predicted octanol–water partition coefficient (Wildman–Crippen LogP) is 3.17. The van der Waals surface area contributed by atoms with Gasteiger partial charge in [0.25, 0.3) is 0 Å². The predicted molar refractivity (Wildman–Crippen MR) is 62.9 cm³/mol. The lowest BCUT2D eigenvalue weighted by Gasteiger charge is -2.13. The van der Waals surface area contributed by atoms with Crippen molar-refractivity contribution in [3.8, 4) is 0 Å². The molecule has 0 aliphatic carbocycles. The maximum atomic E-state index is 9.11. The third kappa shape index (κ3) is 3.03. The fourth-order valence-corrected chi connectivity index (χ4v) is 2.35. The van der Waals surface area contributed by atoms with Crippen LogP contribution in [0.5, 0.6) is 0 Å². The molecule has 0 amide bonds. The van der Waals surface area contributed by atoms with Gasteiger partial charge in [-0.1, -0.05) is 24.6 Å². The molecule has 1 unspecified atom stereocenters. The van der Waals surface area contributed by atoms with E-state index in [-0.39, 0.29) is 6.61 Å². The molecule has 14 heavy (non-hydrogen) atoms. The molecule has 0 heterocycles. The normalized spacial score (nSPS) is 12.9. The fraction of sp³-hybridized carbons (Fsp3) is 0.500. The van der Waals surface area contributed by atoms with Gasteiger partial charge in [0.05, 0.1) is 6.61 Å². The number of aliphatic hydroxyl groups is 1. The zero-order valence-corrected chi connectivity index (χ0v) is 9.90. The van der Waals surface area contributed by atoms with Crippen LogP contribution in [0, 0.1) is 13.8 Å². The molecule has 0 saturated heterocycles. The van der Waals surface area contributed by atoms with Crippen LogP contribution in [0.2, 0.25) is 0 Å². The van der Waals surface area contributed by atoms with E-state index < -0.39 is 0 Å². The molecule has 0 saturated carbocycles. The second kappa shape index (κ2) is 5.42. The molecule has 1 rings (SSSR count). The number of rotatable bonds is 4. The second-order valence-electron chi connectivity index (χ2n) is 3.60. The van der Waals surface area contributed by atoms with Gasteiger partial charge in [0.1, 0.15) is 0 Å². The Labute approximate surface area is 90.5 Å². The summed E-state index contributed by atoms with van der Waals surface area (Å²) in [5, 5.41) is 9.44. The minimum absolute atomic E-state index is 0.258. The number of hydrogen-bond donors (Lipinski definition) is 1. The van der Waals surface area contributed by atoms with Crippen LogP contribution in [-0.4, -0.2) is 17.0 Å². The molecule has 0 aromatic heterocycles. The van der Waals surface area contributed by atoms with Crippen LogP contribution in [0.25, 0.3) is 0 Å². The molecule has 0 fully saturated rings. The molecule has 1 nitrogen and oxygen atoms in total. The Kier molecular flexibility index (Phi) is 4.49. The van der Waals surface area contributed by atoms with Crippen molar-refractivity contribution in [2.45, 2.75) is 37.3 Å². The Morgan fingerprint density at radius 3 is 2.57 bits per heavy atom. The van der Waals surface area contributed by atoms with E-state index in [1.807, 2.05) is 0 Å². The highest BCUT2D eigenvalue weighted by atomic mass is 32.2. The van der Waals surface area contributed by atoms with E-state index >= 15 is 0 Å². The van der Waals surface area contributed by atoms with Crippen molar-refractivity contribution in [2.24, 2.45) is 0 Å². The van der Waals surface area contributed by atoms with Gasteiger partial charge in [-0.2, -0.15) is 0 Å². The van der Waals surface area contributed by atoms with Gasteiger partial charge in [0, 0.05) is 10.1 Å². The third-order valence-electron chi connectivity index (χ3n) is 2.28. The summed E-state index contributed by atoms with van der Waals surface area (Å²) in [6.45, 7) is 6.59. The molecule has 1 N–H and O–H groups in total. The van der Waals surface area contributed by atoms with Crippen molar-refractivity contribution in [3.05, 3.63) is 29.3 Å². The minimum atomic E-state index is 0.258. The van der Waals surface area contributed by atoms with Crippen molar-refractivity contribution in [1.29, 1.82) is 0 Å². The first-order valence-electron chi connectivity index (χ1n) is 5.02. The summed E-state index contributed by atoms with van der Waals surface area (Å²) in [5.41, 5.74) is 2.60. The third-order valence-corrected chi connectivity index (χ3v) is 3.81. The first-order valence-corrected chi connectivity index (χ1v) is 5.90. The second-order valence-corrected chi connectivity index (χ2v) is 4.94. The van der Waals surface area contributed by atoms with Crippen molar-refractivity contribution in [3.63, 3.8) is 0 Å². The first-order chi connectivity index (χ1) is 6.67. The lowest BCUT2D eigenvalue weighted by atomic mass is 10.2. The largest absolute Gasteiger partial charge is 0.395 e. The number of aryl methyl sites for hydroxylation is 2. The van der Waals surface area contributed by atoms with E-state index in [2.05, 4.69) is 39.0 Å². The molecule has 0 bridgehead atoms. The molecular weight excluding hydrogens is 192 g/mol. The van der Waals surface area contributed by atoms with Crippen molar-refractivity contribution in [2.75, 3.05) is 6.61 Å². The zero-order valence-electron chi connectivity index (χ0n) is 9.08. The zero-order chi connectivity index (χ0) is 10.6. The SMILES string of the molecule is CCC(CO)Sc1ccc(C)cc1C. The number of benzene rings is 1. The van der Waals surface area contributed by atoms with Gasteiger partial charge < -0.3 is 5.11 Å². The van der Waals surface area contributed by atoms with Crippen molar-refractivity contribution >= 4 is 11.8 Å². The highest BCUT2D eigenvalue weighted by Gasteiger charge is 2.08. The smallest absolute Gasteiger partial charge is 0.0553 e. The Bertz CT molecular complexity index is 292. The highest BCUT2D eigenvalue weighted by Crippen LogP contribution is 2.28. The summed E-state index contributed by atoms with van der Waals surface area (Å²) in [5.74, 6) is 0. The van der Waals surface area contributed by atoms with Crippen LogP contribution in [0.15, 0.2) is 23.1 Å². The Balaban J connectivity index is 2.76. The van der Waals surface area contributed by atoms with Crippen molar-refractivity contribution < 1.29 is 5.11 Å². The maximum Gasteiger partial charge on any atom is 0.0553 e. The quantitative estimate of drug-likeness (QED) is 0.770. The maximum absolute atomic E-state index is 9.11. The minimum Gasteiger partial charge on any atom is -0.395 e. The van der Waals surface area contributed by atoms with Gasteiger partial charge in [-0.15, -0.1) is 11.8 Å². The molecule has 0 radical (unpaired) electrons. The van der Waals surface area contributed by atoms with Crippen LogP contribution in [0.4, 0.5) is 0 Å². The van der Waals surface area contributed by atoms with Gasteiger partial charge in [-0.25, -0.2) is 0 Å². The summed E-state index contributed by atoms with van der Waals surface area (Å²) in [7, 11) is 0. The summed E-state index contributed by atoms with van der Waals surface area (Å²) in [4.78, 5) is 1.29. The average molecular weight is 210 g/mol. The molecule has 78 valence electrons. The van der Waals surface area contributed by atoms with Gasteiger partial charge in [0.2, 0.25) is 0 Å². The molecule has 2 heteroatoms. The van der Waals surface area contributed by atoms with E-state index in [1.165, 1.54) is 16.0 Å². The Morgan fingerprint density at radius 2 is 2.07 bits per heavy atom. The van der Waals surface area contributed by atoms with Gasteiger partial charge in [-0.05, 0) is 31.9 Å². The summed E-state index contributed by atoms with van der Waals surface area (Å²) < 4.78 is 0. The van der Waals surface area contributed by atoms with E-state index in [0.717, 1.165) is 6.42 Å². The lowest BCUT2D eigenvalue weighted by molar-refractivity contribution is 0.292. The first kappa shape index (κ1) is 11.6. The number of hydrogen-bond acceptors (Lipinski definition) is 2. The monoisotopic (exact) mass is 210 g/mol. The Morgan fingerprint density at radius 1 is 1.36 bits per heavy atom. The molecule has 1 aromatic rings. The van der Waals surface area contributed by atoms with Gasteiger partial charge >= 0.3 is 0 Å². The van der Waals surface area contributed by atoms with E-state index in [4.69, 9.17) is 5.11 Å². The number of thioether (sulfide) groups is 1. The van der Waals surface area contributed by atoms with E-state index in [0.29, 0.717) is 5.25 Å². The van der Waals surface area contributed by atoms with Crippen molar-refractivity contribution in [1.82, 2.24) is 0 Å². The molecule has 0 spiro atoms. The van der Waals surface area contributed by atoms with Gasteiger partial charge in [0.15, 0.2) is 0 Å². The fourth-order valence-electron chi connectivity index (χ4n) is 1.36. The molecule has 0 aliphatic rings. The molecule has 1 atom stereocenters. The summed E-state index contributed by atoms with van der Waals surface area (Å²) in [6, 6.07) is 6.46. The molecule has 1 aromatic carbocycles. The van der Waals surface area contributed by atoms with Crippen LogP contribution in [-0.2, 0) is 0 Å². The van der Waals surface area contributed by atoms with E-state index in [1.54, 1.807) is 11.8 Å².